The van der Waals surface area contributed by atoms with Crippen LogP contribution in [0.25, 0.3) is 16.9 Å². The molecule has 4 heteroatoms. The van der Waals surface area contributed by atoms with Crippen LogP contribution in [0.3, 0.4) is 0 Å². The molecule has 3 rings (SSSR count). The summed E-state index contributed by atoms with van der Waals surface area (Å²) < 4.78 is 14.8. The molecule has 19 heavy (non-hydrogen) atoms. The minimum Gasteiger partial charge on any atom is -0.302 e. The van der Waals surface area contributed by atoms with Crippen molar-refractivity contribution in [2.24, 2.45) is 0 Å². The Bertz CT molecular complexity index is 795. The first-order valence-corrected chi connectivity index (χ1v) is 5.84. The van der Waals surface area contributed by atoms with Crippen LogP contribution in [0.2, 0.25) is 0 Å². The molecule has 3 aromatic rings. The van der Waals surface area contributed by atoms with E-state index in [0.29, 0.717) is 5.56 Å². The first kappa shape index (κ1) is 11.4. The standard InChI is InChI=1S/C15H10FN3/c1-10-15(12-3-5-13(16)6-4-12)18-14-7-2-11(8-17)9-19(10)14/h2-7,9H,1H3. The molecule has 0 amide bonds. The number of nitriles is 1. The van der Waals surface area contributed by atoms with E-state index in [9.17, 15) is 4.39 Å². The lowest BCUT2D eigenvalue weighted by Gasteiger charge is -1.99. The zero-order chi connectivity index (χ0) is 13.4. The summed E-state index contributed by atoms with van der Waals surface area (Å²) in [7, 11) is 0. The molecule has 0 aliphatic heterocycles. The summed E-state index contributed by atoms with van der Waals surface area (Å²) in [5, 5.41) is 8.92. The molecule has 0 aliphatic rings. The second kappa shape index (κ2) is 4.21. The molecular weight excluding hydrogens is 241 g/mol. The molecule has 0 spiro atoms. The van der Waals surface area contributed by atoms with Gasteiger partial charge in [-0.05, 0) is 43.3 Å². The van der Waals surface area contributed by atoms with Gasteiger partial charge in [-0.25, -0.2) is 9.37 Å². The number of aryl methyl sites for hydroxylation is 1. The predicted molar refractivity (Wildman–Crippen MR) is 70.0 cm³/mol. The molecule has 0 atom stereocenters. The number of hydrogen-bond donors (Lipinski definition) is 0. The minimum absolute atomic E-state index is 0.267. The molecule has 0 saturated heterocycles. The summed E-state index contributed by atoms with van der Waals surface area (Å²) in [6.45, 7) is 1.93. The zero-order valence-corrected chi connectivity index (χ0v) is 10.3. The van der Waals surface area contributed by atoms with E-state index in [2.05, 4.69) is 11.1 Å². The van der Waals surface area contributed by atoms with Crippen LogP contribution < -0.4 is 0 Å². The van der Waals surface area contributed by atoms with Gasteiger partial charge in [0.05, 0.1) is 11.3 Å². The number of hydrogen-bond acceptors (Lipinski definition) is 2. The van der Waals surface area contributed by atoms with Crippen LogP contribution in [0.4, 0.5) is 4.39 Å². The average molecular weight is 251 g/mol. The van der Waals surface area contributed by atoms with Gasteiger partial charge in [-0.2, -0.15) is 5.26 Å². The lowest BCUT2D eigenvalue weighted by Crippen LogP contribution is -1.89. The van der Waals surface area contributed by atoms with Gasteiger partial charge in [-0.1, -0.05) is 0 Å². The van der Waals surface area contributed by atoms with Crippen molar-refractivity contribution in [1.82, 2.24) is 9.38 Å². The van der Waals surface area contributed by atoms with Crippen molar-refractivity contribution in [3.8, 4) is 17.3 Å². The first-order valence-electron chi connectivity index (χ1n) is 5.84. The largest absolute Gasteiger partial charge is 0.302 e. The fourth-order valence-electron chi connectivity index (χ4n) is 2.11. The van der Waals surface area contributed by atoms with Gasteiger partial charge in [-0.3, -0.25) is 0 Å². The van der Waals surface area contributed by atoms with E-state index in [1.807, 2.05) is 11.3 Å². The van der Waals surface area contributed by atoms with E-state index in [0.717, 1.165) is 22.6 Å². The average Bonchev–Trinajstić information content (AvgIpc) is 2.76. The van der Waals surface area contributed by atoms with Crippen LogP contribution in [0, 0.1) is 24.1 Å². The first-order chi connectivity index (χ1) is 9.19. The number of aromatic nitrogens is 2. The number of fused-ring (bicyclic) bond motifs is 1. The number of benzene rings is 1. The number of imidazole rings is 1. The zero-order valence-electron chi connectivity index (χ0n) is 10.3. The third kappa shape index (κ3) is 1.85. The third-order valence-electron chi connectivity index (χ3n) is 3.10. The van der Waals surface area contributed by atoms with Crippen LogP contribution in [0.1, 0.15) is 11.3 Å². The van der Waals surface area contributed by atoms with E-state index in [-0.39, 0.29) is 5.82 Å². The number of pyridine rings is 1. The van der Waals surface area contributed by atoms with Crippen LogP contribution in [-0.2, 0) is 0 Å². The van der Waals surface area contributed by atoms with Crippen molar-refractivity contribution in [2.45, 2.75) is 6.92 Å². The maximum atomic E-state index is 12.9. The molecule has 0 unspecified atom stereocenters. The Morgan fingerprint density at radius 3 is 2.58 bits per heavy atom. The molecule has 0 aliphatic carbocycles. The van der Waals surface area contributed by atoms with Crippen LogP contribution in [-0.4, -0.2) is 9.38 Å². The van der Waals surface area contributed by atoms with Gasteiger partial charge < -0.3 is 4.40 Å². The molecular formula is C15H10FN3. The molecule has 0 bridgehead atoms. The second-order valence-electron chi connectivity index (χ2n) is 4.31. The maximum Gasteiger partial charge on any atom is 0.137 e. The highest BCUT2D eigenvalue weighted by Gasteiger charge is 2.10. The molecule has 92 valence electrons. The normalized spacial score (nSPS) is 10.6. The summed E-state index contributed by atoms with van der Waals surface area (Å²) in [4.78, 5) is 4.52. The molecule has 2 aromatic heterocycles. The SMILES string of the molecule is Cc1c(-c2ccc(F)cc2)nc2ccc(C#N)cn12. The van der Waals surface area contributed by atoms with Crippen molar-refractivity contribution in [3.05, 3.63) is 59.7 Å². The fourth-order valence-corrected chi connectivity index (χ4v) is 2.11. The van der Waals surface area contributed by atoms with Gasteiger partial charge in [0.1, 0.15) is 17.5 Å². The molecule has 3 nitrogen and oxygen atoms in total. The lowest BCUT2D eigenvalue weighted by molar-refractivity contribution is 0.628. The van der Waals surface area contributed by atoms with Crippen molar-refractivity contribution in [2.75, 3.05) is 0 Å². The van der Waals surface area contributed by atoms with E-state index >= 15 is 0 Å². The monoisotopic (exact) mass is 251 g/mol. The Kier molecular flexibility index (Phi) is 2.53. The van der Waals surface area contributed by atoms with E-state index in [1.54, 1.807) is 30.5 Å². The molecule has 0 radical (unpaired) electrons. The maximum absolute atomic E-state index is 12.9. The van der Waals surface area contributed by atoms with Gasteiger partial charge >= 0.3 is 0 Å². The summed E-state index contributed by atoms with van der Waals surface area (Å²) in [5.41, 5.74) is 3.95. The van der Waals surface area contributed by atoms with E-state index < -0.39 is 0 Å². The molecule has 0 N–H and O–H groups in total. The number of rotatable bonds is 1. The fraction of sp³-hybridized carbons (Fsp3) is 0.0667. The van der Waals surface area contributed by atoms with Crippen molar-refractivity contribution in [1.29, 1.82) is 5.26 Å². The van der Waals surface area contributed by atoms with Crippen molar-refractivity contribution < 1.29 is 4.39 Å². The van der Waals surface area contributed by atoms with Crippen molar-refractivity contribution in [3.63, 3.8) is 0 Å². The highest BCUT2D eigenvalue weighted by molar-refractivity contribution is 5.66. The van der Waals surface area contributed by atoms with Crippen LogP contribution >= 0.6 is 0 Å². The summed E-state index contributed by atoms with van der Waals surface area (Å²) in [6, 6.07) is 11.9. The Labute approximate surface area is 109 Å². The topological polar surface area (TPSA) is 41.1 Å². The Morgan fingerprint density at radius 1 is 1.16 bits per heavy atom. The third-order valence-corrected chi connectivity index (χ3v) is 3.10. The highest BCUT2D eigenvalue weighted by atomic mass is 19.1. The molecule has 2 heterocycles. The number of halogens is 1. The Balaban J connectivity index is 2.23. The Hall–Kier alpha value is -2.67. The highest BCUT2D eigenvalue weighted by Crippen LogP contribution is 2.24. The van der Waals surface area contributed by atoms with Crippen LogP contribution in [0.15, 0.2) is 42.6 Å². The Morgan fingerprint density at radius 2 is 1.89 bits per heavy atom. The van der Waals surface area contributed by atoms with E-state index in [4.69, 9.17) is 5.26 Å². The van der Waals surface area contributed by atoms with E-state index in [1.165, 1.54) is 12.1 Å². The quantitative estimate of drug-likeness (QED) is 0.665. The van der Waals surface area contributed by atoms with Gasteiger partial charge in [0.25, 0.3) is 0 Å². The van der Waals surface area contributed by atoms with Crippen LogP contribution in [0.5, 0.6) is 0 Å². The smallest absolute Gasteiger partial charge is 0.137 e. The lowest BCUT2D eigenvalue weighted by atomic mass is 10.1. The second-order valence-corrected chi connectivity index (χ2v) is 4.31. The molecule has 1 aromatic carbocycles. The molecule has 0 saturated carbocycles. The summed E-state index contributed by atoms with van der Waals surface area (Å²) in [6.07, 6.45) is 1.75. The van der Waals surface area contributed by atoms with Crippen molar-refractivity contribution >= 4 is 5.65 Å². The minimum atomic E-state index is -0.267. The van der Waals surface area contributed by atoms with Gasteiger partial charge in [0, 0.05) is 17.5 Å². The number of nitrogens with zero attached hydrogens (tertiary/aromatic N) is 3. The van der Waals surface area contributed by atoms with Gasteiger partial charge in [-0.15, -0.1) is 0 Å². The van der Waals surface area contributed by atoms with Gasteiger partial charge in [0.2, 0.25) is 0 Å². The summed E-state index contributed by atoms with van der Waals surface area (Å²) >= 11 is 0. The summed E-state index contributed by atoms with van der Waals surface area (Å²) in [5.74, 6) is -0.267. The molecule has 0 fully saturated rings. The predicted octanol–water partition coefficient (Wildman–Crippen LogP) is 3.32. The van der Waals surface area contributed by atoms with Gasteiger partial charge in [0.15, 0.2) is 0 Å².